The standard InChI is InChI=1S/C22H18BrN3O2S/c1-14-6-4-8-16(12-14)24-20(27)15-7-5-9-17(13-15)25-22(29)26-21(28)18-10-2-3-11-19(18)23/h2-13H,1H3,(H,24,27)(H2,25,26,28,29). The van der Waals surface area contributed by atoms with Crippen LogP contribution in [0.3, 0.4) is 0 Å². The predicted molar refractivity (Wildman–Crippen MR) is 123 cm³/mol. The van der Waals surface area contributed by atoms with E-state index in [9.17, 15) is 9.59 Å². The average Bonchev–Trinajstić information content (AvgIpc) is 2.68. The lowest BCUT2D eigenvalue weighted by atomic mass is 10.1. The van der Waals surface area contributed by atoms with Gasteiger partial charge < -0.3 is 10.6 Å². The average molecular weight is 468 g/mol. The van der Waals surface area contributed by atoms with E-state index in [0.717, 1.165) is 11.3 Å². The van der Waals surface area contributed by atoms with Gasteiger partial charge in [-0.3, -0.25) is 14.9 Å². The molecule has 3 aromatic rings. The minimum atomic E-state index is -0.330. The highest BCUT2D eigenvalue weighted by atomic mass is 79.9. The molecule has 7 heteroatoms. The Morgan fingerprint density at radius 2 is 1.52 bits per heavy atom. The number of hydrogen-bond donors (Lipinski definition) is 3. The van der Waals surface area contributed by atoms with Crippen molar-refractivity contribution in [2.75, 3.05) is 10.6 Å². The molecular weight excluding hydrogens is 450 g/mol. The number of amides is 2. The molecule has 0 bridgehead atoms. The first-order valence-electron chi connectivity index (χ1n) is 8.77. The van der Waals surface area contributed by atoms with Crippen LogP contribution in [0.5, 0.6) is 0 Å². The second-order valence-electron chi connectivity index (χ2n) is 6.29. The zero-order valence-electron chi connectivity index (χ0n) is 15.5. The molecule has 0 saturated carbocycles. The van der Waals surface area contributed by atoms with Gasteiger partial charge in [0.05, 0.1) is 5.56 Å². The van der Waals surface area contributed by atoms with E-state index in [-0.39, 0.29) is 16.9 Å². The van der Waals surface area contributed by atoms with Crippen molar-refractivity contribution < 1.29 is 9.59 Å². The molecule has 0 aromatic heterocycles. The first-order valence-corrected chi connectivity index (χ1v) is 9.97. The van der Waals surface area contributed by atoms with Crippen LogP contribution in [-0.2, 0) is 0 Å². The lowest BCUT2D eigenvalue weighted by molar-refractivity contribution is 0.0975. The van der Waals surface area contributed by atoms with Crippen molar-refractivity contribution in [3.05, 3.63) is 94.0 Å². The Bertz CT molecular complexity index is 1080. The number of hydrogen-bond acceptors (Lipinski definition) is 3. The van der Waals surface area contributed by atoms with E-state index in [1.54, 1.807) is 42.5 Å². The van der Waals surface area contributed by atoms with Gasteiger partial charge in [-0.05, 0) is 83.1 Å². The molecule has 0 aliphatic rings. The van der Waals surface area contributed by atoms with Crippen molar-refractivity contribution in [1.82, 2.24) is 5.32 Å². The molecule has 0 radical (unpaired) electrons. The molecule has 3 rings (SSSR count). The lowest BCUT2D eigenvalue weighted by Crippen LogP contribution is -2.34. The summed E-state index contributed by atoms with van der Waals surface area (Å²) < 4.78 is 0.676. The summed E-state index contributed by atoms with van der Waals surface area (Å²) in [6, 6.07) is 21.5. The third-order valence-corrected chi connectivity index (χ3v) is 4.90. The summed E-state index contributed by atoms with van der Waals surface area (Å²) in [5, 5.41) is 8.57. The fourth-order valence-corrected chi connectivity index (χ4v) is 3.32. The van der Waals surface area contributed by atoms with E-state index < -0.39 is 0 Å². The molecule has 0 heterocycles. The molecule has 0 atom stereocenters. The summed E-state index contributed by atoms with van der Waals surface area (Å²) in [7, 11) is 0. The highest BCUT2D eigenvalue weighted by Gasteiger charge is 2.12. The fraction of sp³-hybridized carbons (Fsp3) is 0.0455. The van der Waals surface area contributed by atoms with E-state index in [1.165, 1.54) is 0 Å². The Balaban J connectivity index is 1.64. The molecule has 2 amide bonds. The minimum absolute atomic E-state index is 0.141. The lowest BCUT2D eigenvalue weighted by Gasteiger charge is -2.12. The molecule has 0 aliphatic heterocycles. The maximum Gasteiger partial charge on any atom is 0.258 e. The van der Waals surface area contributed by atoms with Crippen LogP contribution in [0, 0.1) is 6.92 Å². The quantitative estimate of drug-likeness (QED) is 0.464. The van der Waals surface area contributed by atoms with E-state index >= 15 is 0 Å². The Hall–Kier alpha value is -3.03. The van der Waals surface area contributed by atoms with Gasteiger partial charge >= 0.3 is 0 Å². The van der Waals surface area contributed by atoms with Crippen molar-refractivity contribution in [1.29, 1.82) is 0 Å². The molecule has 29 heavy (non-hydrogen) atoms. The first kappa shape index (κ1) is 20.7. The van der Waals surface area contributed by atoms with E-state index in [0.29, 0.717) is 21.3 Å². The van der Waals surface area contributed by atoms with E-state index in [4.69, 9.17) is 12.2 Å². The molecular formula is C22H18BrN3O2S. The van der Waals surface area contributed by atoms with E-state index in [1.807, 2.05) is 37.3 Å². The number of carbonyl (C=O) groups excluding carboxylic acids is 2. The number of aryl methyl sites for hydroxylation is 1. The maximum atomic E-state index is 12.5. The molecule has 3 aromatic carbocycles. The van der Waals surface area contributed by atoms with Gasteiger partial charge in [0, 0.05) is 21.4 Å². The first-order chi connectivity index (χ1) is 13.9. The SMILES string of the molecule is Cc1cccc(NC(=O)c2cccc(NC(=S)NC(=O)c3ccccc3Br)c2)c1. The maximum absolute atomic E-state index is 12.5. The van der Waals surface area contributed by atoms with Gasteiger partial charge in [0.1, 0.15) is 0 Å². The summed E-state index contributed by atoms with van der Waals surface area (Å²) in [6.07, 6.45) is 0. The van der Waals surface area contributed by atoms with Gasteiger partial charge in [-0.2, -0.15) is 0 Å². The summed E-state index contributed by atoms with van der Waals surface area (Å²) >= 11 is 8.57. The summed E-state index contributed by atoms with van der Waals surface area (Å²) in [5.74, 6) is -0.564. The van der Waals surface area contributed by atoms with Gasteiger partial charge in [-0.1, -0.05) is 30.3 Å². The molecule has 3 N–H and O–H groups in total. The van der Waals surface area contributed by atoms with Gasteiger partial charge in [-0.15, -0.1) is 0 Å². The summed E-state index contributed by atoms with van der Waals surface area (Å²) in [5.41, 5.74) is 3.33. The number of halogens is 1. The van der Waals surface area contributed by atoms with Crippen molar-refractivity contribution in [3.8, 4) is 0 Å². The number of benzene rings is 3. The van der Waals surface area contributed by atoms with Gasteiger partial charge in [0.15, 0.2) is 5.11 Å². The number of nitrogens with one attached hydrogen (secondary N) is 3. The van der Waals surface area contributed by atoms with Gasteiger partial charge in [0.25, 0.3) is 11.8 Å². The van der Waals surface area contributed by atoms with Crippen LogP contribution in [0.4, 0.5) is 11.4 Å². The highest BCUT2D eigenvalue weighted by molar-refractivity contribution is 9.10. The minimum Gasteiger partial charge on any atom is -0.332 e. The molecule has 146 valence electrons. The number of carbonyl (C=O) groups is 2. The summed E-state index contributed by atoms with van der Waals surface area (Å²) in [6.45, 7) is 1.96. The van der Waals surface area contributed by atoms with E-state index in [2.05, 4.69) is 31.9 Å². The molecule has 0 aliphatic carbocycles. The topological polar surface area (TPSA) is 70.2 Å². The second-order valence-corrected chi connectivity index (χ2v) is 7.56. The zero-order chi connectivity index (χ0) is 20.8. The van der Waals surface area contributed by atoms with Gasteiger partial charge in [-0.25, -0.2) is 0 Å². The second kappa shape index (κ2) is 9.45. The molecule has 0 fully saturated rings. The van der Waals surface area contributed by atoms with Crippen molar-refractivity contribution >= 4 is 56.4 Å². The summed E-state index contributed by atoms with van der Waals surface area (Å²) in [4.78, 5) is 24.9. The number of anilines is 2. The smallest absolute Gasteiger partial charge is 0.258 e. The van der Waals surface area contributed by atoms with Gasteiger partial charge in [0.2, 0.25) is 0 Å². The molecule has 0 saturated heterocycles. The largest absolute Gasteiger partial charge is 0.332 e. The van der Waals surface area contributed by atoms with Crippen LogP contribution in [-0.4, -0.2) is 16.9 Å². The third-order valence-electron chi connectivity index (χ3n) is 4.00. The Labute approximate surface area is 182 Å². The predicted octanol–water partition coefficient (Wildman–Crippen LogP) is 5.14. The zero-order valence-corrected chi connectivity index (χ0v) is 17.9. The van der Waals surface area contributed by atoms with Crippen molar-refractivity contribution in [2.45, 2.75) is 6.92 Å². The number of thiocarbonyl (C=S) groups is 1. The molecule has 0 unspecified atom stereocenters. The van der Waals surface area contributed by atoms with Crippen molar-refractivity contribution in [3.63, 3.8) is 0 Å². The fourth-order valence-electron chi connectivity index (χ4n) is 2.64. The molecule has 0 spiro atoms. The van der Waals surface area contributed by atoms with Crippen LogP contribution >= 0.6 is 28.1 Å². The van der Waals surface area contributed by atoms with Crippen LogP contribution in [0.15, 0.2) is 77.3 Å². The Morgan fingerprint density at radius 3 is 2.24 bits per heavy atom. The third kappa shape index (κ3) is 5.73. The highest BCUT2D eigenvalue weighted by Crippen LogP contribution is 2.17. The normalized spacial score (nSPS) is 10.1. The van der Waals surface area contributed by atoms with Crippen LogP contribution < -0.4 is 16.0 Å². The monoisotopic (exact) mass is 467 g/mol. The van der Waals surface area contributed by atoms with Crippen LogP contribution in [0.2, 0.25) is 0 Å². The van der Waals surface area contributed by atoms with Crippen LogP contribution in [0.1, 0.15) is 26.3 Å². The Kier molecular flexibility index (Phi) is 6.74. The molecule has 5 nitrogen and oxygen atoms in total. The van der Waals surface area contributed by atoms with Crippen LogP contribution in [0.25, 0.3) is 0 Å². The number of rotatable bonds is 4. The van der Waals surface area contributed by atoms with Crippen molar-refractivity contribution in [2.24, 2.45) is 0 Å². The Morgan fingerprint density at radius 1 is 0.828 bits per heavy atom.